The molecule has 10 heteroatoms. The van der Waals surface area contributed by atoms with Gasteiger partial charge in [-0.1, -0.05) is 48.0 Å². The zero-order chi connectivity index (χ0) is 25.2. The number of carbonyl (C=O) groups is 2. The van der Waals surface area contributed by atoms with Gasteiger partial charge in [-0.3, -0.25) is 14.9 Å². The number of carboxylic acids is 1. The topological polar surface area (TPSA) is 117 Å². The van der Waals surface area contributed by atoms with E-state index in [0.29, 0.717) is 27.6 Å². The number of para-hydroxylation sites is 1. The monoisotopic (exact) mass is 502 g/mol. The Hall–Kier alpha value is -3.50. The Balaban J connectivity index is 1.44. The van der Waals surface area contributed by atoms with Gasteiger partial charge in [-0.2, -0.15) is 0 Å². The fourth-order valence-electron chi connectivity index (χ4n) is 3.00. The second kappa shape index (κ2) is 12.8. The van der Waals surface area contributed by atoms with Gasteiger partial charge < -0.3 is 25.0 Å². The maximum atomic E-state index is 13.0. The van der Waals surface area contributed by atoms with Crippen molar-refractivity contribution in [3.8, 4) is 5.75 Å². The Morgan fingerprint density at radius 3 is 2.29 bits per heavy atom. The van der Waals surface area contributed by atoms with E-state index in [1.165, 1.54) is 12.1 Å². The molecule has 3 aromatic rings. The molecular weight excluding hydrogens is 479 g/mol. The minimum Gasteiger partial charge on any atom is -0.490 e. The second-order valence-corrected chi connectivity index (χ2v) is 7.92. The minimum atomic E-state index is -1.57. The number of hydrogen-bond donors (Lipinski definition) is 4. The third-order valence-corrected chi connectivity index (χ3v) is 5.12. The number of anilines is 1. The van der Waals surface area contributed by atoms with Gasteiger partial charge in [-0.25, -0.2) is 4.39 Å². The average molecular weight is 503 g/mol. The van der Waals surface area contributed by atoms with Crippen LogP contribution >= 0.6 is 11.6 Å². The lowest BCUT2D eigenvalue weighted by Gasteiger charge is -2.20. The molecule has 0 aromatic heterocycles. The summed E-state index contributed by atoms with van der Waals surface area (Å²) in [4.78, 5) is 23.6. The Morgan fingerprint density at radius 2 is 1.63 bits per heavy atom. The van der Waals surface area contributed by atoms with Crippen LogP contribution in [-0.4, -0.2) is 41.2 Å². The molecule has 1 unspecified atom stereocenters. The number of nitrogens with one attached hydrogen (secondary N) is 2. The fraction of sp³-hybridized carbons (Fsp3) is 0.200. The number of aliphatic hydroxyl groups is 1. The molecule has 35 heavy (non-hydrogen) atoms. The number of rotatable bonds is 12. The summed E-state index contributed by atoms with van der Waals surface area (Å²) in [6.45, 7) is -0.304. The molecule has 1 amide bonds. The molecule has 3 rings (SSSR count). The first kappa shape index (κ1) is 26.1. The van der Waals surface area contributed by atoms with Gasteiger partial charge in [-0.05, 0) is 47.5 Å². The van der Waals surface area contributed by atoms with E-state index in [1.54, 1.807) is 60.7 Å². The number of aliphatic carboxylic acids is 1. The largest absolute Gasteiger partial charge is 0.490 e. The van der Waals surface area contributed by atoms with Crippen molar-refractivity contribution in [1.29, 1.82) is 0 Å². The van der Waals surface area contributed by atoms with E-state index in [1.807, 2.05) is 0 Å². The molecule has 0 bridgehead atoms. The summed E-state index contributed by atoms with van der Waals surface area (Å²) >= 11 is 5.99. The molecule has 0 radical (unpaired) electrons. The van der Waals surface area contributed by atoms with Crippen LogP contribution in [0, 0.1) is 5.82 Å². The van der Waals surface area contributed by atoms with Gasteiger partial charge in [0.1, 0.15) is 24.2 Å². The molecule has 0 aliphatic heterocycles. The number of amides is 1. The highest BCUT2D eigenvalue weighted by Crippen LogP contribution is 2.23. The lowest BCUT2D eigenvalue weighted by molar-refractivity contribution is -0.156. The smallest absolute Gasteiger partial charge is 0.324 e. The Bertz CT molecular complexity index is 1130. The molecule has 0 saturated heterocycles. The van der Waals surface area contributed by atoms with E-state index in [0.717, 1.165) is 0 Å². The molecule has 2 atom stereocenters. The number of aliphatic hydroxyl groups excluding tert-OH is 1. The maximum Gasteiger partial charge on any atom is 0.324 e. The van der Waals surface area contributed by atoms with Crippen LogP contribution in [0.5, 0.6) is 5.75 Å². The summed E-state index contributed by atoms with van der Waals surface area (Å²) < 4.78 is 23.7. The summed E-state index contributed by atoms with van der Waals surface area (Å²) in [6.07, 6.45) is -1.46. The van der Waals surface area contributed by atoms with Crippen molar-refractivity contribution in [2.75, 3.05) is 11.9 Å². The van der Waals surface area contributed by atoms with Crippen molar-refractivity contribution in [1.82, 2.24) is 5.32 Å². The van der Waals surface area contributed by atoms with Crippen molar-refractivity contribution < 1.29 is 33.7 Å². The predicted octanol–water partition coefficient (Wildman–Crippen LogP) is 3.57. The van der Waals surface area contributed by atoms with E-state index in [-0.39, 0.29) is 31.4 Å². The standard InChI is InChI=1S/C25H24ClFN2O6/c26-20-3-1-2-4-22(20)34-15-21(24(31)32)29-25(33)35-14-17-7-11-19(12-8-17)28-23(30)13-16-5-9-18(27)10-6-16/h1-12,21,25,29,33H,13-15H2,(H,28,30)(H,31,32)/t21-,25?/m0/s1. The van der Waals surface area contributed by atoms with E-state index in [4.69, 9.17) is 21.1 Å². The summed E-state index contributed by atoms with van der Waals surface area (Å²) in [5.74, 6) is -1.53. The van der Waals surface area contributed by atoms with E-state index in [9.17, 15) is 24.2 Å². The fourth-order valence-corrected chi connectivity index (χ4v) is 3.19. The summed E-state index contributed by atoms with van der Waals surface area (Å²) in [5.41, 5.74) is 1.93. The molecule has 4 N–H and O–H groups in total. The second-order valence-electron chi connectivity index (χ2n) is 7.51. The number of carbonyl (C=O) groups excluding carboxylic acids is 1. The van der Waals surface area contributed by atoms with Crippen LogP contribution in [0.1, 0.15) is 11.1 Å². The van der Waals surface area contributed by atoms with E-state index >= 15 is 0 Å². The first-order valence-corrected chi connectivity index (χ1v) is 11.0. The number of ether oxygens (including phenoxy) is 2. The number of hydrogen-bond acceptors (Lipinski definition) is 6. The molecule has 8 nitrogen and oxygen atoms in total. The molecule has 0 saturated carbocycles. The summed E-state index contributed by atoms with van der Waals surface area (Å²) in [6, 6.07) is 17.8. The van der Waals surface area contributed by atoms with Gasteiger partial charge in [-0.15, -0.1) is 0 Å². The lowest BCUT2D eigenvalue weighted by Crippen LogP contribution is -2.47. The van der Waals surface area contributed by atoms with Crippen LogP contribution in [0.15, 0.2) is 72.8 Å². The van der Waals surface area contributed by atoms with Gasteiger partial charge in [0.25, 0.3) is 0 Å². The van der Waals surface area contributed by atoms with Gasteiger partial charge in [0, 0.05) is 5.69 Å². The van der Waals surface area contributed by atoms with Crippen molar-refractivity contribution in [2.24, 2.45) is 0 Å². The first-order chi connectivity index (χ1) is 16.8. The zero-order valence-electron chi connectivity index (χ0n) is 18.5. The molecule has 3 aromatic carbocycles. The zero-order valence-corrected chi connectivity index (χ0v) is 19.2. The van der Waals surface area contributed by atoms with Gasteiger partial charge >= 0.3 is 5.97 Å². The van der Waals surface area contributed by atoms with Crippen LogP contribution in [-0.2, 0) is 27.4 Å². The lowest BCUT2D eigenvalue weighted by atomic mass is 10.1. The van der Waals surface area contributed by atoms with Gasteiger partial charge in [0.2, 0.25) is 12.3 Å². The van der Waals surface area contributed by atoms with Crippen LogP contribution in [0.2, 0.25) is 5.02 Å². The molecular formula is C25H24ClFN2O6. The van der Waals surface area contributed by atoms with Crippen molar-refractivity contribution in [3.63, 3.8) is 0 Å². The molecule has 0 aliphatic rings. The van der Waals surface area contributed by atoms with Crippen LogP contribution in [0.25, 0.3) is 0 Å². The Morgan fingerprint density at radius 1 is 0.971 bits per heavy atom. The van der Waals surface area contributed by atoms with Gasteiger partial charge in [0.05, 0.1) is 18.1 Å². The number of benzene rings is 3. The predicted molar refractivity (Wildman–Crippen MR) is 127 cm³/mol. The Labute approximate surface area is 206 Å². The molecule has 0 aliphatic carbocycles. The molecule has 0 spiro atoms. The molecule has 0 heterocycles. The van der Waals surface area contributed by atoms with E-state index in [2.05, 4.69) is 10.6 Å². The summed E-state index contributed by atoms with van der Waals surface area (Å²) in [7, 11) is 0. The molecule has 184 valence electrons. The average Bonchev–Trinajstić information content (AvgIpc) is 2.83. The van der Waals surface area contributed by atoms with Crippen LogP contribution in [0.3, 0.4) is 0 Å². The van der Waals surface area contributed by atoms with Crippen molar-refractivity contribution in [3.05, 3.63) is 94.8 Å². The van der Waals surface area contributed by atoms with Crippen molar-refractivity contribution >= 4 is 29.2 Å². The highest BCUT2D eigenvalue weighted by molar-refractivity contribution is 6.32. The normalized spacial score (nSPS) is 12.5. The highest BCUT2D eigenvalue weighted by atomic mass is 35.5. The summed E-state index contributed by atoms with van der Waals surface area (Å²) in [5, 5.41) is 24.9. The first-order valence-electron chi connectivity index (χ1n) is 10.6. The SMILES string of the molecule is O=C(Cc1ccc(F)cc1)Nc1ccc(COC(O)N[C@@H](COc2ccccc2Cl)C(=O)O)cc1. The third kappa shape index (κ3) is 8.66. The molecule has 0 fully saturated rings. The number of halogens is 2. The minimum absolute atomic E-state index is 0.0182. The third-order valence-electron chi connectivity index (χ3n) is 4.81. The van der Waals surface area contributed by atoms with Crippen LogP contribution in [0.4, 0.5) is 10.1 Å². The Kier molecular flexibility index (Phi) is 9.56. The highest BCUT2D eigenvalue weighted by Gasteiger charge is 2.22. The quantitative estimate of drug-likeness (QED) is 0.280. The van der Waals surface area contributed by atoms with Gasteiger partial charge in [0.15, 0.2) is 0 Å². The number of carboxylic acid groups (broad SMARTS) is 1. The van der Waals surface area contributed by atoms with Crippen molar-refractivity contribution in [2.45, 2.75) is 25.5 Å². The maximum absolute atomic E-state index is 13.0. The van der Waals surface area contributed by atoms with E-state index < -0.39 is 18.4 Å². The van der Waals surface area contributed by atoms with Crippen LogP contribution < -0.4 is 15.4 Å².